The minimum Gasteiger partial charge on any atom is -0.505 e. The molecule has 0 saturated carbocycles. The van der Waals surface area contributed by atoms with Crippen molar-refractivity contribution in [1.29, 1.82) is 5.26 Å². The maximum Gasteiger partial charge on any atom is 0.247 e. The molecule has 0 bridgehead atoms. The summed E-state index contributed by atoms with van der Waals surface area (Å²) >= 11 is 1.37. The topological polar surface area (TPSA) is 94.3 Å². The van der Waals surface area contributed by atoms with E-state index in [-0.39, 0.29) is 23.5 Å². The average molecular weight is 442 g/mol. The number of aromatic hydroxyl groups is 1. The van der Waals surface area contributed by atoms with Crippen molar-refractivity contribution in [1.82, 2.24) is 9.29 Å². The maximum absolute atomic E-state index is 13.3. The number of para-hydroxylation sites is 1. The predicted molar refractivity (Wildman–Crippen MR) is 117 cm³/mol. The number of phenols is 1. The zero-order valence-electron chi connectivity index (χ0n) is 16.8. The fourth-order valence-electron chi connectivity index (χ4n) is 3.05. The van der Waals surface area contributed by atoms with Crippen molar-refractivity contribution in [2.75, 3.05) is 6.54 Å². The number of sulfonamides is 1. The normalized spacial score (nSPS) is 11.7. The predicted octanol–water partition coefficient (Wildman–Crippen LogP) is 4.28. The molecule has 0 unspecified atom stereocenters. The molecule has 6 nitrogen and oxygen atoms in total. The molecule has 2 aromatic carbocycles. The van der Waals surface area contributed by atoms with Crippen LogP contribution in [0.25, 0.3) is 0 Å². The zero-order chi connectivity index (χ0) is 21.7. The fourth-order valence-corrected chi connectivity index (χ4v) is 5.27. The van der Waals surface area contributed by atoms with Gasteiger partial charge < -0.3 is 5.11 Å². The van der Waals surface area contributed by atoms with Gasteiger partial charge in [0.1, 0.15) is 16.0 Å². The smallest absolute Gasteiger partial charge is 0.247 e. The molecule has 0 aliphatic heterocycles. The van der Waals surface area contributed by atoms with Crippen LogP contribution in [0, 0.1) is 11.3 Å². The SMILES string of the molecule is CC(C)c1ccc(CCN(Cc2nccs2)S(=O)(=O)c2cccc(C#N)c2O)cc1. The monoisotopic (exact) mass is 441 g/mol. The first-order valence-corrected chi connectivity index (χ1v) is 11.8. The summed E-state index contributed by atoms with van der Waals surface area (Å²) < 4.78 is 28.0. The van der Waals surface area contributed by atoms with Crippen molar-refractivity contribution in [3.05, 3.63) is 75.7 Å². The summed E-state index contributed by atoms with van der Waals surface area (Å²) in [5, 5.41) is 21.9. The van der Waals surface area contributed by atoms with Crippen molar-refractivity contribution in [3.63, 3.8) is 0 Å². The van der Waals surface area contributed by atoms with Crippen molar-refractivity contribution in [3.8, 4) is 11.8 Å². The van der Waals surface area contributed by atoms with Crippen LogP contribution < -0.4 is 0 Å². The summed E-state index contributed by atoms with van der Waals surface area (Å²) in [5.74, 6) is -0.0957. The number of phenolic OH excluding ortho intramolecular Hbond substituents is 1. The van der Waals surface area contributed by atoms with E-state index in [4.69, 9.17) is 5.26 Å². The molecule has 1 N–H and O–H groups in total. The molecule has 0 fully saturated rings. The fraction of sp³-hybridized carbons (Fsp3) is 0.273. The number of rotatable bonds is 8. The van der Waals surface area contributed by atoms with Crippen LogP contribution in [-0.4, -0.2) is 29.4 Å². The first-order valence-electron chi connectivity index (χ1n) is 9.52. The van der Waals surface area contributed by atoms with Gasteiger partial charge in [-0.15, -0.1) is 11.3 Å². The summed E-state index contributed by atoms with van der Waals surface area (Å²) in [4.78, 5) is 3.93. The molecule has 3 rings (SSSR count). The number of hydrogen-bond acceptors (Lipinski definition) is 6. The van der Waals surface area contributed by atoms with Gasteiger partial charge in [-0.25, -0.2) is 13.4 Å². The molecule has 0 radical (unpaired) electrons. The highest BCUT2D eigenvalue weighted by atomic mass is 32.2. The quantitative estimate of drug-likeness (QED) is 0.563. The van der Waals surface area contributed by atoms with Gasteiger partial charge >= 0.3 is 0 Å². The highest BCUT2D eigenvalue weighted by Gasteiger charge is 2.29. The number of benzene rings is 2. The Labute approximate surface area is 181 Å². The lowest BCUT2D eigenvalue weighted by Gasteiger charge is -2.22. The first-order chi connectivity index (χ1) is 14.3. The Bertz CT molecular complexity index is 1130. The Morgan fingerprint density at radius 1 is 1.20 bits per heavy atom. The third-order valence-electron chi connectivity index (χ3n) is 4.83. The third kappa shape index (κ3) is 4.87. The van der Waals surface area contributed by atoms with E-state index in [1.54, 1.807) is 11.6 Å². The van der Waals surface area contributed by atoms with Gasteiger partial charge in [0.05, 0.1) is 12.1 Å². The number of nitrogens with zero attached hydrogens (tertiary/aromatic N) is 3. The Morgan fingerprint density at radius 3 is 2.53 bits per heavy atom. The van der Waals surface area contributed by atoms with Crippen LogP contribution in [0.3, 0.4) is 0 Å². The van der Waals surface area contributed by atoms with E-state index in [0.717, 1.165) is 5.56 Å². The molecule has 8 heteroatoms. The molecule has 0 aliphatic rings. The second kappa shape index (κ2) is 9.39. The number of aromatic nitrogens is 1. The van der Waals surface area contributed by atoms with Gasteiger partial charge in [0.2, 0.25) is 10.0 Å². The Morgan fingerprint density at radius 2 is 1.93 bits per heavy atom. The van der Waals surface area contributed by atoms with Gasteiger partial charge in [-0.3, -0.25) is 0 Å². The van der Waals surface area contributed by atoms with E-state index in [2.05, 4.69) is 31.0 Å². The molecule has 1 aromatic heterocycles. The van der Waals surface area contributed by atoms with Crippen LogP contribution in [-0.2, 0) is 23.0 Å². The summed E-state index contributed by atoms with van der Waals surface area (Å²) in [5.41, 5.74) is 2.17. The molecule has 0 atom stereocenters. The minimum absolute atomic E-state index is 0.0745. The van der Waals surface area contributed by atoms with Crippen LogP contribution in [0.5, 0.6) is 5.75 Å². The van der Waals surface area contributed by atoms with Crippen molar-refractivity contribution in [2.24, 2.45) is 0 Å². The molecule has 0 aliphatic carbocycles. The number of thiazole rings is 1. The van der Waals surface area contributed by atoms with E-state index < -0.39 is 15.8 Å². The highest BCUT2D eigenvalue weighted by molar-refractivity contribution is 7.89. The van der Waals surface area contributed by atoms with Gasteiger partial charge in [0.25, 0.3) is 0 Å². The number of hydrogen-bond donors (Lipinski definition) is 1. The molecular weight excluding hydrogens is 418 g/mol. The zero-order valence-corrected chi connectivity index (χ0v) is 18.4. The highest BCUT2D eigenvalue weighted by Crippen LogP contribution is 2.30. The van der Waals surface area contributed by atoms with Gasteiger partial charge in [-0.05, 0) is 35.6 Å². The lowest BCUT2D eigenvalue weighted by Crippen LogP contribution is -2.32. The van der Waals surface area contributed by atoms with Crippen LogP contribution in [0.15, 0.2) is 58.9 Å². The van der Waals surface area contributed by atoms with Gasteiger partial charge in [0.15, 0.2) is 5.75 Å². The Hall–Kier alpha value is -2.73. The van der Waals surface area contributed by atoms with Crippen LogP contribution in [0.4, 0.5) is 0 Å². The molecule has 30 heavy (non-hydrogen) atoms. The second-order valence-electron chi connectivity index (χ2n) is 7.17. The van der Waals surface area contributed by atoms with Crippen LogP contribution in [0.2, 0.25) is 0 Å². The summed E-state index contributed by atoms with van der Waals surface area (Å²) in [6, 6.07) is 14.1. The van der Waals surface area contributed by atoms with Crippen molar-refractivity contribution < 1.29 is 13.5 Å². The minimum atomic E-state index is -4.03. The van der Waals surface area contributed by atoms with E-state index >= 15 is 0 Å². The molecule has 3 aromatic rings. The maximum atomic E-state index is 13.3. The lowest BCUT2D eigenvalue weighted by atomic mass is 10.0. The lowest BCUT2D eigenvalue weighted by molar-refractivity contribution is 0.401. The molecule has 1 heterocycles. The number of nitriles is 1. The first kappa shape index (κ1) is 22.0. The summed E-state index contributed by atoms with van der Waals surface area (Å²) in [6.45, 7) is 4.57. The summed E-state index contributed by atoms with van der Waals surface area (Å²) in [7, 11) is -4.03. The molecule has 156 valence electrons. The van der Waals surface area contributed by atoms with Crippen molar-refractivity contribution >= 4 is 21.4 Å². The Balaban J connectivity index is 1.89. The third-order valence-corrected chi connectivity index (χ3v) is 7.47. The Kier molecular flexibility index (Phi) is 6.87. The standard InChI is InChI=1S/C22H23N3O3S2/c1-16(2)18-8-6-17(7-9-18)10-12-25(15-21-24-11-13-29-21)30(27,28)20-5-3-4-19(14-23)22(20)26/h3-9,11,13,16,26H,10,12,15H2,1-2H3. The van der Waals surface area contributed by atoms with Gasteiger partial charge in [-0.1, -0.05) is 44.2 Å². The largest absolute Gasteiger partial charge is 0.505 e. The average Bonchev–Trinajstić information content (AvgIpc) is 3.24. The van der Waals surface area contributed by atoms with E-state index in [1.807, 2.05) is 18.2 Å². The van der Waals surface area contributed by atoms with Crippen LogP contribution >= 0.6 is 11.3 Å². The van der Waals surface area contributed by atoms with E-state index in [1.165, 1.54) is 39.4 Å². The molecule has 0 spiro atoms. The van der Waals surface area contributed by atoms with E-state index in [9.17, 15) is 13.5 Å². The molecule has 0 saturated heterocycles. The molecule has 0 amide bonds. The second-order valence-corrected chi connectivity index (χ2v) is 10.1. The van der Waals surface area contributed by atoms with Crippen molar-refractivity contribution in [2.45, 2.75) is 37.6 Å². The van der Waals surface area contributed by atoms with Gasteiger partial charge in [0, 0.05) is 18.1 Å². The summed E-state index contributed by atoms with van der Waals surface area (Å²) in [6.07, 6.45) is 2.14. The van der Waals surface area contributed by atoms with Crippen LogP contribution in [0.1, 0.15) is 41.5 Å². The van der Waals surface area contributed by atoms with E-state index in [0.29, 0.717) is 17.3 Å². The van der Waals surface area contributed by atoms with Gasteiger partial charge in [-0.2, -0.15) is 9.57 Å². The molecular formula is C22H23N3O3S2.